The Labute approximate surface area is 86.5 Å². The molecule has 0 radical (unpaired) electrons. The highest BCUT2D eigenvalue weighted by atomic mass is 19.1. The van der Waals surface area contributed by atoms with Gasteiger partial charge in [-0.3, -0.25) is 4.79 Å². The second-order valence-corrected chi connectivity index (χ2v) is 3.50. The van der Waals surface area contributed by atoms with Crippen LogP contribution in [-0.4, -0.2) is 11.1 Å². The molecule has 15 heavy (non-hydrogen) atoms. The SMILES string of the molecule is CC(CCC(=O)O)c1cc(F)ccc1F. The molecule has 1 atom stereocenters. The minimum atomic E-state index is -0.932. The van der Waals surface area contributed by atoms with E-state index in [1.54, 1.807) is 6.92 Å². The summed E-state index contributed by atoms with van der Waals surface area (Å²) < 4.78 is 26.1. The van der Waals surface area contributed by atoms with Crippen molar-refractivity contribution < 1.29 is 18.7 Å². The molecule has 1 N–H and O–H groups in total. The van der Waals surface area contributed by atoms with E-state index in [0.717, 1.165) is 18.2 Å². The van der Waals surface area contributed by atoms with E-state index in [9.17, 15) is 13.6 Å². The Balaban J connectivity index is 2.76. The summed E-state index contributed by atoms with van der Waals surface area (Å²) in [5.41, 5.74) is 0.233. The monoisotopic (exact) mass is 214 g/mol. The summed E-state index contributed by atoms with van der Waals surface area (Å²) in [6.45, 7) is 1.68. The van der Waals surface area contributed by atoms with Crippen LogP contribution < -0.4 is 0 Å². The second-order valence-electron chi connectivity index (χ2n) is 3.50. The van der Waals surface area contributed by atoms with E-state index in [2.05, 4.69) is 0 Å². The zero-order valence-electron chi connectivity index (χ0n) is 8.34. The molecule has 0 bridgehead atoms. The fraction of sp³-hybridized carbons (Fsp3) is 0.364. The molecule has 0 aliphatic carbocycles. The van der Waals surface area contributed by atoms with Crippen molar-refractivity contribution in [3.05, 3.63) is 35.4 Å². The van der Waals surface area contributed by atoms with Gasteiger partial charge >= 0.3 is 5.97 Å². The van der Waals surface area contributed by atoms with Crippen LogP contribution in [0.2, 0.25) is 0 Å². The quantitative estimate of drug-likeness (QED) is 0.836. The maximum Gasteiger partial charge on any atom is 0.303 e. The molecule has 0 aliphatic rings. The third-order valence-electron chi connectivity index (χ3n) is 2.28. The van der Waals surface area contributed by atoms with E-state index in [4.69, 9.17) is 5.11 Å². The number of hydrogen-bond acceptors (Lipinski definition) is 1. The van der Waals surface area contributed by atoms with Crippen LogP contribution in [0.15, 0.2) is 18.2 Å². The van der Waals surface area contributed by atoms with Gasteiger partial charge in [0.25, 0.3) is 0 Å². The van der Waals surface area contributed by atoms with Crippen molar-refractivity contribution in [1.82, 2.24) is 0 Å². The first kappa shape index (κ1) is 11.6. The summed E-state index contributed by atoms with van der Waals surface area (Å²) in [5.74, 6) is -2.22. The second kappa shape index (κ2) is 4.87. The first-order valence-electron chi connectivity index (χ1n) is 4.67. The largest absolute Gasteiger partial charge is 0.481 e. The van der Waals surface area contributed by atoms with Gasteiger partial charge in [0.05, 0.1) is 0 Å². The third-order valence-corrected chi connectivity index (χ3v) is 2.28. The molecule has 1 aromatic rings. The minimum absolute atomic E-state index is 0.0445. The molecule has 2 nitrogen and oxygen atoms in total. The van der Waals surface area contributed by atoms with Crippen molar-refractivity contribution in [3.8, 4) is 0 Å². The molecule has 0 aromatic heterocycles. The maximum atomic E-state index is 13.2. The van der Waals surface area contributed by atoms with Crippen LogP contribution in [-0.2, 0) is 4.79 Å². The molecule has 1 aromatic carbocycles. The summed E-state index contributed by atoms with van der Waals surface area (Å²) in [5, 5.41) is 8.47. The number of benzene rings is 1. The fourth-order valence-corrected chi connectivity index (χ4v) is 1.39. The fourth-order valence-electron chi connectivity index (χ4n) is 1.39. The lowest BCUT2D eigenvalue weighted by atomic mass is 9.96. The molecule has 0 amide bonds. The molecule has 0 heterocycles. The summed E-state index contributed by atoms with van der Waals surface area (Å²) in [7, 11) is 0. The number of carboxylic acids is 1. The van der Waals surface area contributed by atoms with Gasteiger partial charge in [-0.2, -0.15) is 0 Å². The molecule has 1 unspecified atom stereocenters. The van der Waals surface area contributed by atoms with E-state index in [1.807, 2.05) is 0 Å². The van der Waals surface area contributed by atoms with Gasteiger partial charge in [-0.05, 0) is 36.1 Å². The molecule has 0 fully saturated rings. The molecule has 4 heteroatoms. The Bertz CT molecular complexity index is 364. The van der Waals surface area contributed by atoms with E-state index >= 15 is 0 Å². The standard InChI is InChI=1S/C11H12F2O2/c1-7(2-5-11(14)15)9-6-8(12)3-4-10(9)13/h3-4,6-7H,2,5H2,1H3,(H,14,15). The predicted octanol–water partition coefficient (Wildman–Crippen LogP) is 2.93. The van der Waals surface area contributed by atoms with Crippen LogP contribution in [0.3, 0.4) is 0 Å². The van der Waals surface area contributed by atoms with Crippen LogP contribution in [0.4, 0.5) is 8.78 Å². The summed E-state index contributed by atoms with van der Waals surface area (Å²) >= 11 is 0. The van der Waals surface area contributed by atoms with Crippen LogP contribution >= 0.6 is 0 Å². The lowest BCUT2D eigenvalue weighted by Gasteiger charge is -2.11. The number of hydrogen-bond donors (Lipinski definition) is 1. The Morgan fingerprint density at radius 3 is 2.73 bits per heavy atom. The highest BCUT2D eigenvalue weighted by Crippen LogP contribution is 2.24. The van der Waals surface area contributed by atoms with Crippen LogP contribution in [0.5, 0.6) is 0 Å². The average molecular weight is 214 g/mol. The Hall–Kier alpha value is -1.45. The number of rotatable bonds is 4. The van der Waals surface area contributed by atoms with Gasteiger partial charge in [0.15, 0.2) is 0 Å². The number of carbonyl (C=O) groups is 1. The van der Waals surface area contributed by atoms with Gasteiger partial charge in [-0.25, -0.2) is 8.78 Å². The average Bonchev–Trinajstić information content (AvgIpc) is 2.18. The first-order valence-corrected chi connectivity index (χ1v) is 4.67. The van der Waals surface area contributed by atoms with Crippen molar-refractivity contribution in [2.24, 2.45) is 0 Å². The Morgan fingerprint density at radius 1 is 1.47 bits per heavy atom. The van der Waals surface area contributed by atoms with E-state index in [0.29, 0.717) is 6.42 Å². The molecule has 0 saturated carbocycles. The number of carboxylic acid groups (broad SMARTS) is 1. The number of halogens is 2. The summed E-state index contributed by atoms with van der Waals surface area (Å²) in [4.78, 5) is 10.3. The van der Waals surface area contributed by atoms with Crippen molar-refractivity contribution in [2.45, 2.75) is 25.7 Å². The lowest BCUT2D eigenvalue weighted by Crippen LogP contribution is -2.02. The minimum Gasteiger partial charge on any atom is -0.481 e. The summed E-state index contributed by atoms with van der Waals surface area (Å²) in [6, 6.07) is 3.21. The van der Waals surface area contributed by atoms with E-state index < -0.39 is 17.6 Å². The van der Waals surface area contributed by atoms with Crippen LogP contribution in [0.1, 0.15) is 31.2 Å². The normalized spacial score (nSPS) is 12.5. The topological polar surface area (TPSA) is 37.3 Å². The van der Waals surface area contributed by atoms with Crippen molar-refractivity contribution in [1.29, 1.82) is 0 Å². The predicted molar refractivity (Wildman–Crippen MR) is 51.6 cm³/mol. The first-order chi connectivity index (χ1) is 7.00. The molecular formula is C11H12F2O2. The van der Waals surface area contributed by atoms with Crippen LogP contribution in [0.25, 0.3) is 0 Å². The van der Waals surface area contributed by atoms with Crippen molar-refractivity contribution >= 4 is 5.97 Å². The third kappa shape index (κ3) is 3.31. The Kier molecular flexibility index (Phi) is 3.77. The zero-order valence-corrected chi connectivity index (χ0v) is 8.34. The molecule has 0 saturated heterocycles. The molecule has 82 valence electrons. The zero-order chi connectivity index (χ0) is 11.4. The van der Waals surface area contributed by atoms with Crippen molar-refractivity contribution in [2.75, 3.05) is 0 Å². The number of aliphatic carboxylic acids is 1. The van der Waals surface area contributed by atoms with Gasteiger partial charge < -0.3 is 5.11 Å². The molecular weight excluding hydrogens is 202 g/mol. The highest BCUT2D eigenvalue weighted by Gasteiger charge is 2.13. The van der Waals surface area contributed by atoms with E-state index in [-0.39, 0.29) is 17.9 Å². The summed E-state index contributed by atoms with van der Waals surface area (Å²) in [6.07, 6.45) is 0.257. The van der Waals surface area contributed by atoms with Crippen molar-refractivity contribution in [3.63, 3.8) is 0 Å². The van der Waals surface area contributed by atoms with Crippen LogP contribution in [0, 0.1) is 11.6 Å². The Morgan fingerprint density at radius 2 is 2.13 bits per heavy atom. The molecule has 0 spiro atoms. The smallest absolute Gasteiger partial charge is 0.303 e. The maximum absolute atomic E-state index is 13.2. The molecule has 0 aliphatic heterocycles. The van der Waals surface area contributed by atoms with Gasteiger partial charge in [0.1, 0.15) is 11.6 Å². The molecule has 1 rings (SSSR count). The van der Waals surface area contributed by atoms with Gasteiger partial charge in [-0.1, -0.05) is 6.92 Å². The lowest BCUT2D eigenvalue weighted by molar-refractivity contribution is -0.137. The van der Waals surface area contributed by atoms with E-state index in [1.165, 1.54) is 0 Å². The van der Waals surface area contributed by atoms with Gasteiger partial charge in [0, 0.05) is 6.42 Å². The highest BCUT2D eigenvalue weighted by molar-refractivity contribution is 5.66. The van der Waals surface area contributed by atoms with Gasteiger partial charge in [0.2, 0.25) is 0 Å². The van der Waals surface area contributed by atoms with Gasteiger partial charge in [-0.15, -0.1) is 0 Å².